The largest absolute Gasteiger partial charge is 0.490 e. The van der Waals surface area contributed by atoms with Gasteiger partial charge in [0.1, 0.15) is 12.3 Å². The van der Waals surface area contributed by atoms with Crippen LogP contribution in [0.2, 0.25) is 0 Å². The van der Waals surface area contributed by atoms with Crippen LogP contribution in [-0.2, 0) is 14.4 Å². The van der Waals surface area contributed by atoms with Crippen molar-refractivity contribution in [2.24, 2.45) is 0 Å². The van der Waals surface area contributed by atoms with Gasteiger partial charge in [-0.1, -0.05) is 0 Å². The van der Waals surface area contributed by atoms with Crippen molar-refractivity contribution in [3.63, 3.8) is 0 Å². The molecule has 0 spiro atoms. The standard InChI is InChI=1S/C19H25N3O4/c1-2-21-11-12-22(19(25)18(21)24)13-17(23)20-14-7-9-16(10-8-14)26-15-5-3-4-6-15/h7-10,15H,2-6,11-13H2,1H3,(H,20,23). The van der Waals surface area contributed by atoms with E-state index in [0.717, 1.165) is 18.6 Å². The highest BCUT2D eigenvalue weighted by Gasteiger charge is 2.32. The zero-order valence-electron chi connectivity index (χ0n) is 15.1. The van der Waals surface area contributed by atoms with E-state index in [0.29, 0.717) is 31.4 Å². The van der Waals surface area contributed by atoms with Gasteiger partial charge in [0, 0.05) is 25.3 Å². The first kappa shape index (κ1) is 18.2. The van der Waals surface area contributed by atoms with E-state index in [4.69, 9.17) is 4.74 Å². The summed E-state index contributed by atoms with van der Waals surface area (Å²) in [7, 11) is 0. The van der Waals surface area contributed by atoms with Gasteiger partial charge in [-0.05, 0) is 56.9 Å². The Morgan fingerprint density at radius 2 is 1.69 bits per heavy atom. The third-order valence-corrected chi connectivity index (χ3v) is 4.86. The number of benzene rings is 1. The van der Waals surface area contributed by atoms with E-state index in [2.05, 4.69) is 5.32 Å². The van der Waals surface area contributed by atoms with Crippen molar-refractivity contribution in [1.29, 1.82) is 0 Å². The molecular weight excluding hydrogens is 334 g/mol. The Kier molecular flexibility index (Phi) is 5.75. The van der Waals surface area contributed by atoms with Gasteiger partial charge in [-0.2, -0.15) is 0 Å². The van der Waals surface area contributed by atoms with Crippen molar-refractivity contribution >= 4 is 23.4 Å². The number of anilines is 1. The van der Waals surface area contributed by atoms with Crippen molar-refractivity contribution in [3.8, 4) is 5.75 Å². The van der Waals surface area contributed by atoms with Crippen LogP contribution in [0.25, 0.3) is 0 Å². The molecule has 7 nitrogen and oxygen atoms in total. The second-order valence-corrected chi connectivity index (χ2v) is 6.71. The number of piperazine rings is 1. The van der Waals surface area contributed by atoms with Crippen LogP contribution in [0.3, 0.4) is 0 Å². The Morgan fingerprint density at radius 3 is 2.35 bits per heavy atom. The lowest BCUT2D eigenvalue weighted by Crippen LogP contribution is -2.55. The van der Waals surface area contributed by atoms with Crippen molar-refractivity contribution in [2.45, 2.75) is 38.7 Å². The summed E-state index contributed by atoms with van der Waals surface area (Å²) in [6.07, 6.45) is 4.91. The van der Waals surface area contributed by atoms with E-state index < -0.39 is 11.8 Å². The lowest BCUT2D eigenvalue weighted by atomic mass is 10.2. The second kappa shape index (κ2) is 8.21. The number of amides is 3. The fourth-order valence-electron chi connectivity index (χ4n) is 3.36. The van der Waals surface area contributed by atoms with Crippen LogP contribution in [0, 0.1) is 0 Å². The molecule has 26 heavy (non-hydrogen) atoms. The maximum atomic E-state index is 12.2. The molecule has 0 aromatic heterocycles. The van der Waals surface area contributed by atoms with E-state index in [1.165, 1.54) is 22.6 Å². The molecular formula is C19H25N3O4. The topological polar surface area (TPSA) is 79.0 Å². The van der Waals surface area contributed by atoms with Gasteiger partial charge in [0.05, 0.1) is 6.10 Å². The fraction of sp³-hybridized carbons (Fsp3) is 0.526. The average molecular weight is 359 g/mol. The summed E-state index contributed by atoms with van der Waals surface area (Å²) in [5.74, 6) is -0.680. The van der Waals surface area contributed by atoms with Crippen molar-refractivity contribution < 1.29 is 19.1 Å². The summed E-state index contributed by atoms with van der Waals surface area (Å²) in [6, 6.07) is 7.24. The number of hydrogen-bond donors (Lipinski definition) is 1. The van der Waals surface area contributed by atoms with Gasteiger partial charge >= 0.3 is 11.8 Å². The molecule has 3 amide bonds. The monoisotopic (exact) mass is 359 g/mol. The fourth-order valence-corrected chi connectivity index (χ4v) is 3.36. The van der Waals surface area contributed by atoms with Gasteiger partial charge in [0.2, 0.25) is 5.91 Å². The van der Waals surface area contributed by atoms with Gasteiger partial charge in [0.15, 0.2) is 0 Å². The molecule has 0 bridgehead atoms. The summed E-state index contributed by atoms with van der Waals surface area (Å²) in [5, 5.41) is 2.76. The molecule has 3 rings (SSSR count). The normalized spacial score (nSPS) is 18.3. The molecule has 0 radical (unpaired) electrons. The predicted molar refractivity (Wildman–Crippen MR) is 96.8 cm³/mol. The number of carbonyl (C=O) groups is 3. The molecule has 1 N–H and O–H groups in total. The SMILES string of the molecule is CCN1CCN(CC(=O)Nc2ccc(OC3CCCC3)cc2)C(=O)C1=O. The summed E-state index contributed by atoms with van der Waals surface area (Å²) in [6.45, 7) is 3.04. The van der Waals surface area contributed by atoms with Gasteiger partial charge in [-0.3, -0.25) is 14.4 Å². The lowest BCUT2D eigenvalue weighted by molar-refractivity contribution is -0.156. The molecule has 0 atom stereocenters. The minimum Gasteiger partial charge on any atom is -0.490 e. The first-order chi connectivity index (χ1) is 12.6. The van der Waals surface area contributed by atoms with Gasteiger partial charge in [-0.25, -0.2) is 0 Å². The third kappa shape index (κ3) is 4.33. The number of rotatable bonds is 6. The Labute approximate surface area is 153 Å². The third-order valence-electron chi connectivity index (χ3n) is 4.86. The van der Waals surface area contributed by atoms with Gasteiger partial charge in [-0.15, -0.1) is 0 Å². The van der Waals surface area contributed by atoms with Crippen LogP contribution in [-0.4, -0.2) is 59.8 Å². The Hall–Kier alpha value is -2.57. The Balaban J connectivity index is 1.50. The number of carbonyl (C=O) groups excluding carboxylic acids is 3. The number of ether oxygens (including phenoxy) is 1. The van der Waals surface area contributed by atoms with Crippen molar-refractivity contribution in [1.82, 2.24) is 9.80 Å². The zero-order valence-corrected chi connectivity index (χ0v) is 15.1. The summed E-state index contributed by atoms with van der Waals surface area (Å²) in [5.41, 5.74) is 0.639. The average Bonchev–Trinajstić information content (AvgIpc) is 3.14. The summed E-state index contributed by atoms with van der Waals surface area (Å²) in [4.78, 5) is 38.9. The van der Waals surface area contributed by atoms with Crippen LogP contribution in [0.4, 0.5) is 5.69 Å². The molecule has 2 fully saturated rings. The summed E-state index contributed by atoms with van der Waals surface area (Å²) >= 11 is 0. The molecule has 0 unspecified atom stereocenters. The first-order valence-corrected chi connectivity index (χ1v) is 9.21. The van der Waals surface area contributed by atoms with E-state index in [1.807, 2.05) is 19.1 Å². The smallest absolute Gasteiger partial charge is 0.312 e. The van der Waals surface area contributed by atoms with Gasteiger partial charge in [0.25, 0.3) is 0 Å². The first-order valence-electron chi connectivity index (χ1n) is 9.21. The number of hydrogen-bond acceptors (Lipinski definition) is 4. The van der Waals surface area contributed by atoms with E-state index in [1.54, 1.807) is 12.1 Å². The quantitative estimate of drug-likeness (QED) is 0.783. The van der Waals surface area contributed by atoms with E-state index in [9.17, 15) is 14.4 Å². The number of nitrogens with zero attached hydrogens (tertiary/aromatic N) is 2. The van der Waals surface area contributed by atoms with Crippen LogP contribution < -0.4 is 10.1 Å². The molecule has 1 aliphatic heterocycles. The number of likely N-dealkylation sites (N-methyl/N-ethyl adjacent to an activating group) is 1. The van der Waals surface area contributed by atoms with Crippen LogP contribution in [0.1, 0.15) is 32.6 Å². The van der Waals surface area contributed by atoms with E-state index in [-0.39, 0.29) is 12.5 Å². The molecule has 1 saturated heterocycles. The van der Waals surface area contributed by atoms with Gasteiger partial charge < -0.3 is 19.9 Å². The van der Waals surface area contributed by atoms with E-state index >= 15 is 0 Å². The molecule has 1 aromatic carbocycles. The van der Waals surface area contributed by atoms with Crippen LogP contribution in [0.15, 0.2) is 24.3 Å². The maximum absolute atomic E-state index is 12.2. The number of nitrogens with one attached hydrogen (secondary N) is 1. The van der Waals surface area contributed by atoms with Crippen LogP contribution in [0.5, 0.6) is 5.75 Å². The van der Waals surface area contributed by atoms with Crippen molar-refractivity contribution in [2.75, 3.05) is 31.5 Å². The maximum Gasteiger partial charge on any atom is 0.312 e. The highest BCUT2D eigenvalue weighted by atomic mass is 16.5. The second-order valence-electron chi connectivity index (χ2n) is 6.71. The summed E-state index contributed by atoms with van der Waals surface area (Å²) < 4.78 is 5.90. The molecule has 1 aliphatic carbocycles. The molecule has 1 saturated carbocycles. The Bertz CT molecular complexity index is 668. The predicted octanol–water partition coefficient (Wildman–Crippen LogP) is 1.64. The Morgan fingerprint density at radius 1 is 1.08 bits per heavy atom. The minimum atomic E-state index is -0.617. The molecule has 2 aliphatic rings. The molecule has 140 valence electrons. The van der Waals surface area contributed by atoms with Crippen LogP contribution >= 0.6 is 0 Å². The lowest BCUT2D eigenvalue weighted by Gasteiger charge is -2.32. The molecule has 1 heterocycles. The van der Waals surface area contributed by atoms with Crippen molar-refractivity contribution in [3.05, 3.63) is 24.3 Å². The minimum absolute atomic E-state index is 0.123. The zero-order chi connectivity index (χ0) is 18.5. The highest BCUT2D eigenvalue weighted by molar-refractivity contribution is 6.35. The highest BCUT2D eigenvalue weighted by Crippen LogP contribution is 2.25. The molecule has 7 heteroatoms. The molecule has 1 aromatic rings.